The molecule has 5 saturated heterocycles. The molecule has 32 atom stereocenters. The Balaban J connectivity index is 0.878. The van der Waals surface area contributed by atoms with E-state index in [9.17, 15) is 81.4 Å². The van der Waals surface area contributed by atoms with Crippen molar-refractivity contribution in [3.05, 3.63) is 11.6 Å². The van der Waals surface area contributed by atoms with Crippen LogP contribution < -0.4 is 0 Å². The number of carbonyl (C=O) groups excluding carboxylic acids is 1. The molecule has 0 spiro atoms. The number of hydrogen-bond acceptors (Lipinski definition) is 26. The minimum absolute atomic E-state index is 0.0670. The minimum atomic E-state index is -1.94. The molecule has 5 heterocycles. The third kappa shape index (κ3) is 10.5. The molecule has 480 valence electrons. The third-order valence-corrected chi connectivity index (χ3v) is 22.4. The van der Waals surface area contributed by atoms with E-state index in [1.54, 1.807) is 0 Å². The summed E-state index contributed by atoms with van der Waals surface area (Å²) in [6.45, 7) is 11.6. The van der Waals surface area contributed by atoms with Crippen LogP contribution in [0.2, 0.25) is 0 Å². The van der Waals surface area contributed by atoms with E-state index in [1.165, 1.54) is 13.8 Å². The lowest BCUT2D eigenvalue weighted by molar-refractivity contribution is -0.370. The van der Waals surface area contributed by atoms with E-state index in [1.807, 2.05) is 6.92 Å². The number of rotatable bonds is 12. The van der Waals surface area contributed by atoms with Gasteiger partial charge in [0.25, 0.3) is 0 Å². The second-order valence-electron chi connectivity index (χ2n) is 27.7. The number of allylic oxidation sites excluding steroid dienone is 2. The van der Waals surface area contributed by atoms with Gasteiger partial charge in [0.2, 0.25) is 6.29 Å². The van der Waals surface area contributed by atoms with Crippen molar-refractivity contribution in [2.45, 2.75) is 254 Å². The lowest BCUT2D eigenvalue weighted by Crippen LogP contribution is -2.70. The molecule has 84 heavy (non-hydrogen) atoms. The highest BCUT2D eigenvalue weighted by molar-refractivity contribution is 5.79. The van der Waals surface area contributed by atoms with Crippen LogP contribution >= 0.6 is 0 Å². The number of carbonyl (C=O) groups is 2. The Bertz CT molecular complexity index is 2400. The predicted octanol–water partition coefficient (Wildman–Crippen LogP) is -3.23. The Morgan fingerprint density at radius 2 is 1.11 bits per heavy atom. The molecule has 0 amide bonds. The first-order valence-corrected chi connectivity index (χ1v) is 29.7. The highest BCUT2D eigenvalue weighted by atomic mass is 16.8. The number of aliphatic hydroxyl groups is 14. The highest BCUT2D eigenvalue weighted by Crippen LogP contribution is 2.76. The number of fused-ring (bicyclic) bond motifs is 7. The molecule has 15 N–H and O–H groups in total. The summed E-state index contributed by atoms with van der Waals surface area (Å²) in [5.41, 5.74) is -4.08. The molecular weight excluding hydrogens is 1120 g/mol. The minimum Gasteiger partial charge on any atom is -0.481 e. The quantitative estimate of drug-likeness (QED) is 0.0519. The molecule has 0 unspecified atom stereocenters. The fourth-order valence-electron chi connectivity index (χ4n) is 17.2. The van der Waals surface area contributed by atoms with Gasteiger partial charge in [0.15, 0.2) is 31.3 Å². The zero-order valence-electron chi connectivity index (χ0n) is 48.5. The monoisotopic (exact) mass is 1210 g/mol. The number of carboxylic acid groups (broad SMARTS) is 1. The fourth-order valence-corrected chi connectivity index (χ4v) is 17.2. The topological polar surface area (TPSA) is 430 Å². The Kier molecular flexibility index (Phi) is 18.1. The summed E-state index contributed by atoms with van der Waals surface area (Å²) in [5.74, 6) is -3.12. The average Bonchev–Trinajstić information content (AvgIpc) is 0.820. The molecular formula is C57H90O27. The zero-order valence-corrected chi connectivity index (χ0v) is 48.5. The fraction of sp³-hybridized carbons (Fsp3) is 0.930. The molecule has 0 aromatic carbocycles. The first-order valence-electron chi connectivity index (χ1n) is 29.7. The first-order chi connectivity index (χ1) is 39.3. The van der Waals surface area contributed by atoms with Gasteiger partial charge in [-0.15, -0.1) is 0 Å². The molecule has 27 nitrogen and oxygen atoms in total. The molecule has 10 rings (SSSR count). The van der Waals surface area contributed by atoms with Gasteiger partial charge in [-0.1, -0.05) is 46.3 Å². The van der Waals surface area contributed by atoms with Gasteiger partial charge in [0, 0.05) is 0 Å². The normalized spacial score (nSPS) is 54.8. The van der Waals surface area contributed by atoms with Crippen LogP contribution in [0.5, 0.6) is 0 Å². The van der Waals surface area contributed by atoms with Crippen LogP contribution in [0, 0.1) is 50.2 Å². The van der Waals surface area contributed by atoms with E-state index in [0.717, 1.165) is 5.57 Å². The van der Waals surface area contributed by atoms with Gasteiger partial charge in [-0.25, -0.2) is 0 Å². The van der Waals surface area contributed by atoms with E-state index in [0.29, 0.717) is 51.4 Å². The summed E-state index contributed by atoms with van der Waals surface area (Å²) in [6.07, 6.45) is -32.9. The summed E-state index contributed by atoms with van der Waals surface area (Å²) in [4.78, 5) is 29.3. The number of aliphatic carboxylic acids is 1. The van der Waals surface area contributed by atoms with E-state index >= 15 is 4.79 Å². The molecule has 27 heteroatoms. The van der Waals surface area contributed by atoms with Gasteiger partial charge in [-0.3, -0.25) is 9.59 Å². The summed E-state index contributed by atoms with van der Waals surface area (Å²) in [5, 5.41) is 164. The second kappa shape index (κ2) is 23.5. The molecule has 0 bridgehead atoms. The largest absolute Gasteiger partial charge is 0.481 e. The molecule has 10 aliphatic rings. The SMILES string of the molecule is C[C@@H]1O[C@@H](O[C@@H]2[C@H](OC(=O)[C@]34CCC(C)(C)C[C@H]3C3=CC[C@@H]5[C@@]6(C)C[C@H](O)[C@H](O[C@@H]7O[C@H](CO)[C@@H](O[C@@H]8OC[C@@H](O)[C@H](O)[C@H]8O)[C@H](O)[C@H]7O)[C@@](C)(C(=O)O)[C@@H]6CC[C@@]5(C)[C@]3(C)CC4)OC[C@@H](O)[C@H]2O)[C@H](O)[C@H](O[C@@H]2OC[C@@H](O)[C@@H](O)[C@@H]2O)[C@H]1O. The standard InChI is InChI=1S/C57H90O27/c1-22-32(63)42(81-46-38(69)34(65)27(61)20-76-46)40(71)48(78-22)82-43-35(66)28(62)21-77-49(43)84-51(74)57-14-12-52(2,3)16-24(57)23-8-9-30-53(4)17-25(59)44(56(7,50(72)73)31(53)10-11-55(30,6)54(23,5)13-15-57)83-47-39(70)36(67)41(29(18-58)79-47)80-45-37(68)33(64)26(60)19-75-45/h8,22,24-49,58-71H,9-21H2,1-7H3,(H,72,73)/t22-,24-,25-,26+,27+,28+,29+,30+,31+,32-,33-,34+,35+,36+,37+,38-,39+,40+,41+,42+,43-,44-,45-,46-,47-,48-,49-,53+,54+,55+,56-,57-/m0/s1. The van der Waals surface area contributed by atoms with Crippen molar-refractivity contribution in [2.24, 2.45) is 50.2 Å². The van der Waals surface area contributed by atoms with Crippen LogP contribution in [0.4, 0.5) is 0 Å². The molecule has 9 fully saturated rings. The highest BCUT2D eigenvalue weighted by Gasteiger charge is 2.73. The predicted molar refractivity (Wildman–Crippen MR) is 279 cm³/mol. The second-order valence-corrected chi connectivity index (χ2v) is 27.7. The van der Waals surface area contributed by atoms with Crippen LogP contribution in [0.3, 0.4) is 0 Å². The smallest absolute Gasteiger partial charge is 0.315 e. The molecule has 0 radical (unpaired) electrons. The van der Waals surface area contributed by atoms with Crippen molar-refractivity contribution < 1.29 is 134 Å². The maximum Gasteiger partial charge on any atom is 0.315 e. The summed E-state index contributed by atoms with van der Waals surface area (Å²) in [7, 11) is 0. The van der Waals surface area contributed by atoms with Crippen molar-refractivity contribution in [1.82, 2.24) is 0 Å². The maximum absolute atomic E-state index is 15.4. The lowest BCUT2D eigenvalue weighted by atomic mass is 9.33. The Labute approximate surface area is 486 Å². The van der Waals surface area contributed by atoms with Crippen molar-refractivity contribution in [3.63, 3.8) is 0 Å². The third-order valence-electron chi connectivity index (χ3n) is 22.4. The molecule has 0 aromatic heterocycles. The van der Waals surface area contributed by atoms with Crippen molar-refractivity contribution in [2.75, 3.05) is 26.4 Å². The van der Waals surface area contributed by atoms with Crippen molar-refractivity contribution >= 4 is 11.9 Å². The number of aliphatic hydroxyl groups excluding tert-OH is 14. The summed E-state index contributed by atoms with van der Waals surface area (Å²) in [6, 6.07) is 0. The number of hydrogen-bond donors (Lipinski definition) is 15. The van der Waals surface area contributed by atoms with Gasteiger partial charge >= 0.3 is 11.9 Å². The number of esters is 1. The Morgan fingerprint density at radius 1 is 0.560 bits per heavy atom. The van der Waals surface area contributed by atoms with E-state index in [2.05, 4.69) is 33.8 Å². The number of ether oxygens (including phenoxy) is 10. The Hall–Kier alpha value is -2.24. The van der Waals surface area contributed by atoms with Gasteiger partial charge < -0.3 is 124 Å². The van der Waals surface area contributed by atoms with Crippen LogP contribution in [-0.4, -0.2) is 262 Å². The molecule has 5 aliphatic heterocycles. The van der Waals surface area contributed by atoms with Gasteiger partial charge in [0.05, 0.1) is 49.5 Å². The van der Waals surface area contributed by atoms with E-state index in [4.69, 9.17) is 47.4 Å². The summed E-state index contributed by atoms with van der Waals surface area (Å²) >= 11 is 0. The molecule has 5 aliphatic carbocycles. The number of carboxylic acids is 1. The lowest BCUT2D eigenvalue weighted by Gasteiger charge is -2.71. The van der Waals surface area contributed by atoms with Crippen molar-refractivity contribution in [1.29, 1.82) is 0 Å². The average molecular weight is 1210 g/mol. The zero-order chi connectivity index (χ0) is 61.3. The van der Waals surface area contributed by atoms with Gasteiger partial charge in [-0.05, 0) is 111 Å². The first kappa shape index (κ1) is 64.7. The molecule has 4 saturated carbocycles. The van der Waals surface area contributed by atoms with Crippen LogP contribution in [-0.2, 0) is 57.0 Å². The van der Waals surface area contributed by atoms with Gasteiger partial charge in [-0.2, -0.15) is 0 Å². The Morgan fingerprint density at radius 3 is 1.71 bits per heavy atom. The van der Waals surface area contributed by atoms with Crippen molar-refractivity contribution in [3.8, 4) is 0 Å². The van der Waals surface area contributed by atoms with E-state index < -0.39 is 219 Å². The van der Waals surface area contributed by atoms with Crippen LogP contribution in [0.15, 0.2) is 11.6 Å². The van der Waals surface area contributed by atoms with Crippen LogP contribution in [0.1, 0.15) is 106 Å². The van der Waals surface area contributed by atoms with Crippen LogP contribution in [0.25, 0.3) is 0 Å². The van der Waals surface area contributed by atoms with E-state index in [-0.39, 0.29) is 23.7 Å². The maximum atomic E-state index is 15.4. The molecule has 0 aromatic rings. The van der Waals surface area contributed by atoms with Gasteiger partial charge in [0.1, 0.15) is 97.7 Å². The summed E-state index contributed by atoms with van der Waals surface area (Å²) < 4.78 is 58.7.